The molecule has 2 aromatic rings. The standard InChI is InChI=1S/C14H15FN2/c1-10-3-11(2)5-14(4-10)17-8-12-6-13(15)9-16-7-12/h3-7,9,17H,8H2,1-2H3. The van der Waals surface area contributed by atoms with Gasteiger partial charge in [-0.3, -0.25) is 4.98 Å². The summed E-state index contributed by atoms with van der Waals surface area (Å²) in [6, 6.07) is 7.75. The van der Waals surface area contributed by atoms with Gasteiger partial charge in [0.2, 0.25) is 0 Å². The molecule has 0 fully saturated rings. The van der Waals surface area contributed by atoms with E-state index in [1.807, 2.05) is 0 Å². The molecule has 0 saturated heterocycles. The van der Waals surface area contributed by atoms with Gasteiger partial charge < -0.3 is 5.32 Å². The Kier molecular flexibility index (Phi) is 3.38. The molecule has 88 valence electrons. The van der Waals surface area contributed by atoms with Crippen molar-refractivity contribution in [3.63, 3.8) is 0 Å². The number of benzene rings is 1. The molecule has 1 aromatic heterocycles. The Bertz CT molecular complexity index is 503. The summed E-state index contributed by atoms with van der Waals surface area (Å²) >= 11 is 0. The van der Waals surface area contributed by atoms with Crippen LogP contribution in [0.2, 0.25) is 0 Å². The largest absolute Gasteiger partial charge is 0.381 e. The molecule has 1 heterocycles. The Hall–Kier alpha value is -1.90. The number of aromatic nitrogens is 1. The van der Waals surface area contributed by atoms with E-state index in [9.17, 15) is 4.39 Å². The average Bonchev–Trinajstić information content (AvgIpc) is 2.25. The molecule has 0 aliphatic rings. The first-order chi connectivity index (χ1) is 8.13. The summed E-state index contributed by atoms with van der Waals surface area (Å²) in [6.07, 6.45) is 2.87. The normalized spacial score (nSPS) is 10.3. The van der Waals surface area contributed by atoms with Crippen LogP contribution in [0.15, 0.2) is 36.7 Å². The van der Waals surface area contributed by atoms with Crippen molar-refractivity contribution >= 4 is 5.69 Å². The van der Waals surface area contributed by atoms with Crippen molar-refractivity contribution in [1.29, 1.82) is 0 Å². The topological polar surface area (TPSA) is 24.9 Å². The molecule has 0 unspecified atom stereocenters. The van der Waals surface area contributed by atoms with E-state index in [4.69, 9.17) is 0 Å². The Morgan fingerprint density at radius 3 is 2.41 bits per heavy atom. The molecule has 0 aliphatic heterocycles. The van der Waals surface area contributed by atoms with Gasteiger partial charge >= 0.3 is 0 Å². The molecule has 0 bridgehead atoms. The molecule has 1 aromatic carbocycles. The van der Waals surface area contributed by atoms with Gasteiger partial charge in [0.15, 0.2) is 0 Å². The second-order valence-electron chi connectivity index (χ2n) is 4.24. The second kappa shape index (κ2) is 4.95. The van der Waals surface area contributed by atoms with Crippen molar-refractivity contribution in [3.8, 4) is 0 Å². The molecule has 0 saturated carbocycles. The van der Waals surface area contributed by atoms with Gasteiger partial charge in [-0.1, -0.05) is 6.07 Å². The van der Waals surface area contributed by atoms with E-state index in [1.54, 1.807) is 6.20 Å². The Balaban J connectivity index is 2.07. The zero-order chi connectivity index (χ0) is 12.3. The Morgan fingerprint density at radius 1 is 1.06 bits per heavy atom. The summed E-state index contributed by atoms with van der Waals surface area (Å²) < 4.78 is 12.9. The van der Waals surface area contributed by atoms with Crippen molar-refractivity contribution in [2.45, 2.75) is 20.4 Å². The lowest BCUT2D eigenvalue weighted by molar-refractivity contribution is 0.619. The first-order valence-electron chi connectivity index (χ1n) is 5.55. The number of aryl methyl sites for hydroxylation is 2. The summed E-state index contributed by atoms with van der Waals surface area (Å²) in [6.45, 7) is 4.69. The van der Waals surface area contributed by atoms with Gasteiger partial charge in [0.1, 0.15) is 5.82 Å². The first-order valence-corrected chi connectivity index (χ1v) is 5.55. The number of rotatable bonds is 3. The minimum Gasteiger partial charge on any atom is -0.381 e. The smallest absolute Gasteiger partial charge is 0.141 e. The van der Waals surface area contributed by atoms with Crippen molar-refractivity contribution in [2.24, 2.45) is 0 Å². The van der Waals surface area contributed by atoms with Gasteiger partial charge in [0.25, 0.3) is 0 Å². The summed E-state index contributed by atoms with van der Waals surface area (Å²) in [4.78, 5) is 3.82. The van der Waals surface area contributed by atoms with Gasteiger partial charge in [0.05, 0.1) is 6.20 Å². The molecule has 0 spiro atoms. The van der Waals surface area contributed by atoms with Crippen LogP contribution in [0, 0.1) is 19.7 Å². The predicted octanol–water partition coefficient (Wildman–Crippen LogP) is 3.45. The van der Waals surface area contributed by atoms with Crippen LogP contribution < -0.4 is 5.32 Å². The van der Waals surface area contributed by atoms with Crippen LogP contribution in [-0.4, -0.2) is 4.98 Å². The minimum atomic E-state index is -0.301. The Labute approximate surface area is 101 Å². The quantitative estimate of drug-likeness (QED) is 0.873. The van der Waals surface area contributed by atoms with E-state index in [2.05, 4.69) is 42.3 Å². The summed E-state index contributed by atoms with van der Waals surface area (Å²) in [5, 5.41) is 3.26. The molecule has 2 nitrogen and oxygen atoms in total. The highest BCUT2D eigenvalue weighted by atomic mass is 19.1. The maximum atomic E-state index is 12.9. The van der Waals surface area contributed by atoms with Crippen LogP contribution in [0.25, 0.3) is 0 Å². The summed E-state index contributed by atoms with van der Waals surface area (Å²) in [7, 11) is 0. The third kappa shape index (κ3) is 3.28. The predicted molar refractivity (Wildman–Crippen MR) is 67.4 cm³/mol. The fourth-order valence-corrected chi connectivity index (χ4v) is 1.83. The third-order valence-corrected chi connectivity index (χ3v) is 2.48. The van der Waals surface area contributed by atoms with E-state index in [-0.39, 0.29) is 5.82 Å². The number of halogens is 1. The number of pyridine rings is 1. The van der Waals surface area contributed by atoms with E-state index >= 15 is 0 Å². The lowest BCUT2D eigenvalue weighted by Gasteiger charge is -2.08. The molecule has 3 heteroatoms. The van der Waals surface area contributed by atoms with E-state index < -0.39 is 0 Å². The van der Waals surface area contributed by atoms with Crippen LogP contribution in [0.1, 0.15) is 16.7 Å². The molecule has 0 atom stereocenters. The SMILES string of the molecule is Cc1cc(C)cc(NCc2cncc(F)c2)c1. The van der Waals surface area contributed by atoms with Crippen molar-refractivity contribution in [1.82, 2.24) is 4.98 Å². The van der Waals surface area contributed by atoms with Crippen LogP contribution in [0.5, 0.6) is 0 Å². The molecule has 0 aliphatic carbocycles. The zero-order valence-corrected chi connectivity index (χ0v) is 10.00. The number of hydrogen-bond donors (Lipinski definition) is 1. The fraction of sp³-hybridized carbons (Fsp3) is 0.214. The third-order valence-electron chi connectivity index (χ3n) is 2.48. The van der Waals surface area contributed by atoms with Crippen LogP contribution in [0.4, 0.5) is 10.1 Å². The van der Waals surface area contributed by atoms with Crippen LogP contribution in [-0.2, 0) is 6.54 Å². The molecule has 0 amide bonds. The zero-order valence-electron chi connectivity index (χ0n) is 10.00. The average molecular weight is 230 g/mol. The molecule has 0 radical (unpaired) electrons. The second-order valence-corrected chi connectivity index (χ2v) is 4.24. The lowest BCUT2D eigenvalue weighted by atomic mass is 10.1. The summed E-state index contributed by atoms with van der Waals surface area (Å²) in [5.74, 6) is -0.301. The number of hydrogen-bond acceptors (Lipinski definition) is 2. The molecular weight excluding hydrogens is 215 g/mol. The first kappa shape index (κ1) is 11.6. The maximum absolute atomic E-state index is 12.9. The van der Waals surface area contributed by atoms with Gasteiger partial charge in [0, 0.05) is 18.4 Å². The van der Waals surface area contributed by atoms with Gasteiger partial charge in [-0.25, -0.2) is 4.39 Å². The monoisotopic (exact) mass is 230 g/mol. The Morgan fingerprint density at radius 2 is 1.76 bits per heavy atom. The van der Waals surface area contributed by atoms with Crippen LogP contribution in [0.3, 0.4) is 0 Å². The highest BCUT2D eigenvalue weighted by Crippen LogP contribution is 2.14. The minimum absolute atomic E-state index is 0.301. The van der Waals surface area contributed by atoms with Crippen molar-refractivity contribution in [3.05, 3.63) is 59.2 Å². The summed E-state index contributed by atoms with van der Waals surface area (Å²) in [5.41, 5.74) is 4.31. The number of anilines is 1. The highest BCUT2D eigenvalue weighted by Gasteiger charge is 1.98. The van der Waals surface area contributed by atoms with Gasteiger partial charge in [-0.15, -0.1) is 0 Å². The number of nitrogens with zero attached hydrogens (tertiary/aromatic N) is 1. The van der Waals surface area contributed by atoms with Crippen molar-refractivity contribution in [2.75, 3.05) is 5.32 Å². The highest BCUT2D eigenvalue weighted by molar-refractivity contribution is 5.48. The molecular formula is C14H15FN2. The number of nitrogens with one attached hydrogen (secondary N) is 1. The van der Waals surface area contributed by atoms with E-state index in [1.165, 1.54) is 23.4 Å². The molecule has 17 heavy (non-hydrogen) atoms. The van der Waals surface area contributed by atoms with Gasteiger partial charge in [-0.05, 0) is 48.7 Å². The van der Waals surface area contributed by atoms with Crippen molar-refractivity contribution < 1.29 is 4.39 Å². The van der Waals surface area contributed by atoms with Gasteiger partial charge in [-0.2, -0.15) is 0 Å². The molecule has 2 rings (SSSR count). The fourth-order valence-electron chi connectivity index (χ4n) is 1.83. The van der Waals surface area contributed by atoms with Crippen LogP contribution >= 0.6 is 0 Å². The molecule has 1 N–H and O–H groups in total. The maximum Gasteiger partial charge on any atom is 0.141 e. The van der Waals surface area contributed by atoms with E-state index in [0.29, 0.717) is 6.54 Å². The lowest BCUT2D eigenvalue weighted by Crippen LogP contribution is -2.01. The van der Waals surface area contributed by atoms with E-state index in [0.717, 1.165) is 11.3 Å².